The van der Waals surface area contributed by atoms with Gasteiger partial charge < -0.3 is 4.98 Å². The number of nitrogens with zero attached hydrogens (tertiary/aromatic N) is 1. The van der Waals surface area contributed by atoms with Crippen LogP contribution >= 0.6 is 11.6 Å². The molecule has 1 aromatic carbocycles. The second kappa shape index (κ2) is 2.81. The number of aromatic nitrogens is 2. The van der Waals surface area contributed by atoms with Crippen LogP contribution in [0, 0.1) is 5.82 Å². The summed E-state index contributed by atoms with van der Waals surface area (Å²) in [5, 5.41) is 0.287. The molecule has 0 amide bonds. The second-order valence-electron chi connectivity index (χ2n) is 2.48. The van der Waals surface area contributed by atoms with Crippen molar-refractivity contribution in [3.63, 3.8) is 0 Å². The highest BCUT2D eigenvalue weighted by Gasteiger charge is 2.08. The Morgan fingerprint density at radius 2 is 2.23 bits per heavy atom. The zero-order valence-corrected chi connectivity index (χ0v) is 7.10. The summed E-state index contributed by atoms with van der Waals surface area (Å²) in [5.41, 5.74) is -0.439. The molecule has 1 aromatic heterocycles. The van der Waals surface area contributed by atoms with Crippen LogP contribution in [0.4, 0.5) is 4.39 Å². The fourth-order valence-corrected chi connectivity index (χ4v) is 1.35. The Bertz CT molecular complexity index is 523. The average Bonchev–Trinajstić information content (AvgIpc) is 2.12. The highest BCUT2D eigenvalue weighted by atomic mass is 35.5. The first-order chi connectivity index (χ1) is 6.20. The summed E-state index contributed by atoms with van der Waals surface area (Å²) in [6.45, 7) is 0. The Morgan fingerprint density at radius 3 is 2.92 bits per heavy atom. The van der Waals surface area contributed by atoms with Crippen LogP contribution in [0.3, 0.4) is 0 Å². The fraction of sp³-hybridized carbons (Fsp3) is 0. The van der Waals surface area contributed by atoms with Crippen molar-refractivity contribution in [1.29, 1.82) is 0 Å². The molecule has 2 aromatic rings. The van der Waals surface area contributed by atoms with E-state index >= 15 is 0 Å². The third-order valence-electron chi connectivity index (χ3n) is 1.69. The Balaban J connectivity index is 3.09. The molecule has 0 saturated heterocycles. The van der Waals surface area contributed by atoms with Crippen molar-refractivity contribution < 1.29 is 4.39 Å². The lowest BCUT2D eigenvalue weighted by atomic mass is 10.2. The topological polar surface area (TPSA) is 45.8 Å². The number of rotatable bonds is 0. The first-order valence-electron chi connectivity index (χ1n) is 3.51. The molecule has 0 spiro atoms. The predicted octanol–water partition coefficient (Wildman–Crippen LogP) is 1.72. The minimum absolute atomic E-state index is 0.00347. The number of nitrogens with one attached hydrogen (secondary N) is 1. The molecule has 13 heavy (non-hydrogen) atoms. The molecule has 0 atom stereocenters. The molecular formula is C8H4ClFN2O. The highest BCUT2D eigenvalue weighted by Crippen LogP contribution is 2.19. The van der Waals surface area contributed by atoms with Crippen molar-refractivity contribution in [2.45, 2.75) is 0 Å². The number of aromatic amines is 1. The molecule has 66 valence electrons. The van der Waals surface area contributed by atoms with Gasteiger partial charge in [-0.05, 0) is 12.1 Å². The van der Waals surface area contributed by atoms with Gasteiger partial charge in [0.1, 0.15) is 11.3 Å². The van der Waals surface area contributed by atoms with E-state index in [1.54, 1.807) is 0 Å². The Hall–Kier alpha value is -1.42. The molecule has 0 radical (unpaired) electrons. The van der Waals surface area contributed by atoms with Gasteiger partial charge in [-0.2, -0.15) is 0 Å². The van der Waals surface area contributed by atoms with Crippen molar-refractivity contribution >= 4 is 22.5 Å². The molecule has 1 N–H and O–H groups in total. The first-order valence-corrected chi connectivity index (χ1v) is 3.89. The SMILES string of the molecule is O=c1[nH]cnc2c(F)ccc(Cl)c12. The molecule has 0 aliphatic carbocycles. The van der Waals surface area contributed by atoms with Crippen molar-refractivity contribution in [3.05, 3.63) is 39.7 Å². The van der Waals surface area contributed by atoms with E-state index in [1.807, 2.05) is 0 Å². The van der Waals surface area contributed by atoms with Crippen LogP contribution in [-0.4, -0.2) is 9.97 Å². The molecule has 1 heterocycles. The normalized spacial score (nSPS) is 10.6. The zero-order valence-electron chi connectivity index (χ0n) is 6.34. The van der Waals surface area contributed by atoms with E-state index < -0.39 is 11.4 Å². The highest BCUT2D eigenvalue weighted by molar-refractivity contribution is 6.35. The maximum Gasteiger partial charge on any atom is 0.260 e. The third-order valence-corrected chi connectivity index (χ3v) is 2.01. The molecular weight excluding hydrogens is 195 g/mol. The lowest BCUT2D eigenvalue weighted by Crippen LogP contribution is -2.07. The lowest BCUT2D eigenvalue weighted by molar-refractivity contribution is 0.636. The van der Waals surface area contributed by atoms with Gasteiger partial charge in [-0.15, -0.1) is 0 Å². The Morgan fingerprint density at radius 1 is 1.46 bits per heavy atom. The fourth-order valence-electron chi connectivity index (χ4n) is 1.11. The van der Waals surface area contributed by atoms with E-state index in [0.717, 1.165) is 6.33 Å². The van der Waals surface area contributed by atoms with E-state index in [1.165, 1.54) is 12.1 Å². The van der Waals surface area contributed by atoms with Gasteiger partial charge in [-0.25, -0.2) is 9.37 Å². The van der Waals surface area contributed by atoms with Crippen LogP contribution in [0.15, 0.2) is 23.3 Å². The van der Waals surface area contributed by atoms with Gasteiger partial charge in [0, 0.05) is 0 Å². The van der Waals surface area contributed by atoms with Crippen LogP contribution in [0.1, 0.15) is 0 Å². The van der Waals surface area contributed by atoms with Crippen LogP contribution in [0.25, 0.3) is 10.9 Å². The molecule has 0 bridgehead atoms. The number of H-pyrrole nitrogens is 1. The number of fused-ring (bicyclic) bond motifs is 1. The average molecular weight is 199 g/mol. The molecule has 5 heteroatoms. The second-order valence-corrected chi connectivity index (χ2v) is 2.89. The monoisotopic (exact) mass is 198 g/mol. The van der Waals surface area contributed by atoms with Crippen molar-refractivity contribution in [1.82, 2.24) is 9.97 Å². The Labute approximate surface area is 77.2 Å². The smallest absolute Gasteiger partial charge is 0.260 e. The van der Waals surface area contributed by atoms with Crippen molar-refractivity contribution in [2.75, 3.05) is 0 Å². The summed E-state index contributed by atoms with van der Waals surface area (Å²) >= 11 is 5.71. The number of hydrogen-bond acceptors (Lipinski definition) is 2. The van der Waals surface area contributed by atoms with Crippen LogP contribution in [0.5, 0.6) is 0 Å². The molecule has 0 fully saturated rings. The minimum atomic E-state index is -0.550. The Kier molecular flexibility index (Phi) is 1.77. The van der Waals surface area contributed by atoms with Gasteiger partial charge in [0.05, 0.1) is 16.7 Å². The van der Waals surface area contributed by atoms with E-state index in [4.69, 9.17) is 11.6 Å². The summed E-state index contributed by atoms with van der Waals surface area (Å²) in [4.78, 5) is 17.2. The summed E-state index contributed by atoms with van der Waals surface area (Å²) in [5.74, 6) is -0.550. The number of benzene rings is 1. The minimum Gasteiger partial charge on any atom is -0.313 e. The van der Waals surface area contributed by atoms with Gasteiger partial charge in [0.2, 0.25) is 0 Å². The summed E-state index contributed by atoms with van der Waals surface area (Å²) in [7, 11) is 0. The van der Waals surface area contributed by atoms with Crippen molar-refractivity contribution in [2.24, 2.45) is 0 Å². The summed E-state index contributed by atoms with van der Waals surface area (Å²) in [6.07, 6.45) is 1.14. The molecule has 0 unspecified atom stereocenters. The van der Waals surface area contributed by atoms with E-state index in [2.05, 4.69) is 9.97 Å². The molecule has 3 nitrogen and oxygen atoms in total. The molecule has 0 aliphatic heterocycles. The largest absolute Gasteiger partial charge is 0.313 e. The van der Waals surface area contributed by atoms with Crippen molar-refractivity contribution in [3.8, 4) is 0 Å². The molecule has 2 rings (SSSR count). The predicted molar refractivity (Wildman–Crippen MR) is 47.3 cm³/mol. The maximum absolute atomic E-state index is 13.1. The molecule has 0 aliphatic rings. The van der Waals surface area contributed by atoms with Gasteiger partial charge in [-0.1, -0.05) is 11.6 Å². The zero-order chi connectivity index (χ0) is 9.42. The van der Waals surface area contributed by atoms with Crippen LogP contribution in [0.2, 0.25) is 5.02 Å². The molecule has 0 saturated carbocycles. The van der Waals surface area contributed by atoms with Gasteiger partial charge in [0.25, 0.3) is 5.56 Å². The van der Waals surface area contributed by atoms with E-state index in [0.29, 0.717) is 0 Å². The quantitative estimate of drug-likeness (QED) is 0.701. The third kappa shape index (κ3) is 1.19. The standard InChI is InChI=1S/C8H4ClFN2O/c9-4-1-2-5(10)7-6(4)8(13)12-3-11-7/h1-3H,(H,11,12,13). The van der Waals surface area contributed by atoms with Crippen LogP contribution < -0.4 is 5.56 Å². The van der Waals surface area contributed by atoms with E-state index in [9.17, 15) is 9.18 Å². The number of hydrogen-bond donors (Lipinski definition) is 1. The summed E-state index contributed by atoms with van der Waals surface area (Å²) < 4.78 is 13.1. The van der Waals surface area contributed by atoms with Crippen LogP contribution in [-0.2, 0) is 0 Å². The van der Waals surface area contributed by atoms with Gasteiger partial charge >= 0.3 is 0 Å². The first kappa shape index (κ1) is 8.19. The van der Waals surface area contributed by atoms with Gasteiger partial charge in [-0.3, -0.25) is 4.79 Å². The maximum atomic E-state index is 13.1. The van der Waals surface area contributed by atoms with Gasteiger partial charge in [0.15, 0.2) is 0 Å². The van der Waals surface area contributed by atoms with E-state index in [-0.39, 0.29) is 15.9 Å². The number of halogens is 2. The summed E-state index contributed by atoms with van der Waals surface area (Å²) in [6, 6.07) is 2.51. The lowest BCUT2D eigenvalue weighted by Gasteiger charge is -1.98.